The maximum atomic E-state index is 13.8. The number of rotatable bonds is 6. The molecule has 12 heteroatoms. The molecule has 0 amide bonds. The Morgan fingerprint density at radius 1 is 0.971 bits per heavy atom. The van der Waals surface area contributed by atoms with Crippen molar-refractivity contribution in [2.24, 2.45) is 0 Å². The first-order valence-electron chi connectivity index (χ1n) is 10.8. The smallest absolute Gasteiger partial charge is 0.393 e. The highest BCUT2D eigenvalue weighted by Crippen LogP contribution is 2.40. The molecular weight excluding hydrogens is 488 g/mol. The number of alkyl halides is 3. The second-order valence-electron chi connectivity index (χ2n) is 8.21. The second kappa shape index (κ2) is 10.3. The monoisotopic (exact) mass is 510 g/mol. The first-order valence-corrected chi connectivity index (χ1v) is 11.9. The Balaban J connectivity index is 1.92. The number of nitrogens with one attached hydrogen (secondary N) is 2. The summed E-state index contributed by atoms with van der Waals surface area (Å²) < 4.78 is 77.7. The van der Waals surface area contributed by atoms with Crippen molar-refractivity contribution in [3.8, 4) is 22.4 Å². The molecule has 2 aromatic carbocycles. The van der Waals surface area contributed by atoms with Crippen molar-refractivity contribution in [1.82, 2.24) is 9.97 Å². The molecule has 1 aromatic heterocycles. The van der Waals surface area contributed by atoms with Gasteiger partial charge in [0.25, 0.3) is 11.3 Å². The lowest BCUT2D eigenvalue weighted by atomic mass is 9.92. The zero-order valence-corrected chi connectivity index (χ0v) is 19.0. The number of benzene rings is 2. The summed E-state index contributed by atoms with van der Waals surface area (Å²) in [6.07, 6.45) is -3.25. The summed E-state index contributed by atoms with van der Waals surface area (Å²) in [6.45, 7) is 0. The third-order valence-corrected chi connectivity index (χ3v) is 6.08. The van der Waals surface area contributed by atoms with Crippen molar-refractivity contribution in [3.05, 3.63) is 60.2 Å². The maximum Gasteiger partial charge on any atom is 0.451 e. The standard InChI is InChI=1S/C23H22F4N4O3S/c24-15-6-4-13(5-7-15)20-19(14-2-1-3-17(12-14)31-35(33)34)21(30-22(29-20)23(25,26)27)28-16-8-10-18(32)11-9-16/h1-7,12,16,18,31-32H,8-11H2,(H,33,34)(H,28,29,30). The van der Waals surface area contributed by atoms with Gasteiger partial charge in [-0.3, -0.25) is 9.27 Å². The summed E-state index contributed by atoms with van der Waals surface area (Å²) in [5.41, 5.74) is 1.02. The van der Waals surface area contributed by atoms with Crippen LogP contribution < -0.4 is 10.0 Å². The predicted molar refractivity (Wildman–Crippen MR) is 124 cm³/mol. The molecule has 35 heavy (non-hydrogen) atoms. The third-order valence-electron chi connectivity index (χ3n) is 5.67. The molecule has 1 aliphatic carbocycles. The summed E-state index contributed by atoms with van der Waals surface area (Å²) in [5, 5.41) is 12.9. The van der Waals surface area contributed by atoms with Crippen LogP contribution >= 0.6 is 0 Å². The minimum Gasteiger partial charge on any atom is -0.393 e. The summed E-state index contributed by atoms with van der Waals surface area (Å²) in [4.78, 5) is 7.62. The molecule has 4 rings (SSSR count). The average Bonchev–Trinajstić information content (AvgIpc) is 2.80. The molecule has 186 valence electrons. The number of nitrogens with zero attached hydrogens (tertiary/aromatic N) is 2. The van der Waals surface area contributed by atoms with E-state index in [1.165, 1.54) is 24.3 Å². The normalized spacial score (nSPS) is 19.3. The summed E-state index contributed by atoms with van der Waals surface area (Å²) in [6, 6.07) is 10.9. The molecule has 0 aliphatic heterocycles. The van der Waals surface area contributed by atoms with E-state index < -0.39 is 35.2 Å². The predicted octanol–water partition coefficient (Wildman–Crippen LogP) is 5.23. The van der Waals surface area contributed by atoms with Crippen LogP contribution in [0.3, 0.4) is 0 Å². The van der Waals surface area contributed by atoms with Gasteiger partial charge in [0.2, 0.25) is 5.82 Å². The Hall–Kier alpha value is -3.09. The van der Waals surface area contributed by atoms with Gasteiger partial charge in [-0.05, 0) is 67.6 Å². The van der Waals surface area contributed by atoms with Crippen LogP contribution in [0.1, 0.15) is 31.5 Å². The van der Waals surface area contributed by atoms with Crippen LogP contribution in [-0.2, 0) is 17.4 Å². The molecule has 1 aliphatic rings. The zero-order valence-electron chi connectivity index (χ0n) is 18.2. The Kier molecular flexibility index (Phi) is 7.33. The summed E-state index contributed by atoms with van der Waals surface area (Å²) in [5.74, 6) is -1.99. The third kappa shape index (κ3) is 6.13. The number of hydrogen-bond donors (Lipinski definition) is 4. The fourth-order valence-electron chi connectivity index (χ4n) is 4.03. The molecule has 0 saturated heterocycles. The zero-order chi connectivity index (χ0) is 25.2. The fourth-order valence-corrected chi connectivity index (χ4v) is 4.36. The highest BCUT2D eigenvalue weighted by Gasteiger charge is 2.37. The second-order valence-corrected chi connectivity index (χ2v) is 8.91. The van der Waals surface area contributed by atoms with E-state index in [4.69, 9.17) is 0 Å². The number of aromatic nitrogens is 2. The van der Waals surface area contributed by atoms with Crippen LogP contribution in [0.5, 0.6) is 0 Å². The Bertz CT molecular complexity index is 1220. The van der Waals surface area contributed by atoms with Crippen LogP contribution in [0.2, 0.25) is 0 Å². The van der Waals surface area contributed by atoms with Crippen LogP contribution in [0.4, 0.5) is 29.1 Å². The molecule has 0 spiro atoms. The maximum absolute atomic E-state index is 13.8. The largest absolute Gasteiger partial charge is 0.451 e. The van der Waals surface area contributed by atoms with Gasteiger partial charge in [-0.1, -0.05) is 12.1 Å². The number of anilines is 2. The molecule has 0 radical (unpaired) electrons. The van der Waals surface area contributed by atoms with Gasteiger partial charge in [0.15, 0.2) is 0 Å². The molecular formula is C23H22F4N4O3S. The van der Waals surface area contributed by atoms with Crippen LogP contribution in [0, 0.1) is 5.82 Å². The number of halogens is 4. The first kappa shape index (κ1) is 25.0. The quantitative estimate of drug-likeness (QED) is 0.267. The van der Waals surface area contributed by atoms with E-state index >= 15 is 0 Å². The van der Waals surface area contributed by atoms with Crippen molar-refractivity contribution >= 4 is 22.8 Å². The number of hydrogen-bond acceptors (Lipinski definition) is 5. The van der Waals surface area contributed by atoms with Crippen molar-refractivity contribution in [3.63, 3.8) is 0 Å². The SMILES string of the molecule is O=S(O)Nc1cccc(-c2c(NC3CCC(O)CC3)nc(C(F)(F)F)nc2-c2ccc(F)cc2)c1. The van der Waals surface area contributed by atoms with Crippen molar-refractivity contribution in [1.29, 1.82) is 0 Å². The lowest BCUT2D eigenvalue weighted by Gasteiger charge is -2.28. The molecule has 7 nitrogen and oxygen atoms in total. The molecule has 1 saturated carbocycles. The van der Waals surface area contributed by atoms with E-state index in [2.05, 4.69) is 20.0 Å². The lowest BCUT2D eigenvalue weighted by molar-refractivity contribution is -0.144. The Labute approximate surface area is 201 Å². The Morgan fingerprint density at radius 3 is 2.29 bits per heavy atom. The van der Waals surface area contributed by atoms with E-state index in [1.54, 1.807) is 12.1 Å². The van der Waals surface area contributed by atoms with Crippen LogP contribution in [-0.4, -0.2) is 36.0 Å². The summed E-state index contributed by atoms with van der Waals surface area (Å²) in [7, 11) is 0. The van der Waals surface area contributed by atoms with E-state index in [1.807, 2.05) is 0 Å². The lowest BCUT2D eigenvalue weighted by Crippen LogP contribution is -2.29. The number of aliphatic hydroxyl groups excluding tert-OH is 1. The molecule has 4 N–H and O–H groups in total. The molecule has 3 aromatic rings. The highest BCUT2D eigenvalue weighted by molar-refractivity contribution is 7.80. The first-order chi connectivity index (χ1) is 16.6. The Morgan fingerprint density at radius 2 is 1.66 bits per heavy atom. The number of aliphatic hydroxyl groups is 1. The van der Waals surface area contributed by atoms with Gasteiger partial charge < -0.3 is 10.4 Å². The van der Waals surface area contributed by atoms with Crippen LogP contribution in [0.25, 0.3) is 22.4 Å². The van der Waals surface area contributed by atoms with Gasteiger partial charge in [0.1, 0.15) is 11.6 Å². The minimum atomic E-state index is -4.84. The van der Waals surface area contributed by atoms with Gasteiger partial charge >= 0.3 is 6.18 Å². The summed E-state index contributed by atoms with van der Waals surface area (Å²) >= 11 is -2.37. The van der Waals surface area contributed by atoms with Gasteiger partial charge in [-0.2, -0.15) is 13.2 Å². The topological polar surface area (TPSA) is 107 Å². The van der Waals surface area contributed by atoms with Crippen LogP contribution in [0.15, 0.2) is 48.5 Å². The van der Waals surface area contributed by atoms with Crippen molar-refractivity contribution in [2.75, 3.05) is 10.0 Å². The molecule has 1 fully saturated rings. The molecule has 1 unspecified atom stereocenters. The van der Waals surface area contributed by atoms with E-state index in [9.17, 15) is 31.4 Å². The van der Waals surface area contributed by atoms with E-state index in [0.29, 0.717) is 31.2 Å². The van der Waals surface area contributed by atoms with Crippen molar-refractivity contribution in [2.45, 2.75) is 44.0 Å². The van der Waals surface area contributed by atoms with E-state index in [0.717, 1.165) is 12.1 Å². The van der Waals surface area contributed by atoms with Crippen molar-refractivity contribution < 1.29 is 31.4 Å². The van der Waals surface area contributed by atoms with Gasteiger partial charge in [0.05, 0.1) is 17.4 Å². The van der Waals surface area contributed by atoms with Gasteiger partial charge in [-0.25, -0.2) is 18.6 Å². The van der Waals surface area contributed by atoms with Gasteiger partial charge in [0, 0.05) is 17.3 Å². The highest BCUT2D eigenvalue weighted by atomic mass is 32.2. The fraction of sp³-hybridized carbons (Fsp3) is 0.304. The molecule has 1 atom stereocenters. The average molecular weight is 511 g/mol. The van der Waals surface area contributed by atoms with E-state index in [-0.39, 0.29) is 34.4 Å². The minimum absolute atomic E-state index is 0.0738. The molecule has 0 bridgehead atoms. The van der Waals surface area contributed by atoms with Gasteiger partial charge in [-0.15, -0.1) is 0 Å². The molecule has 1 heterocycles.